The van der Waals surface area contributed by atoms with Crippen molar-refractivity contribution in [3.63, 3.8) is 0 Å². The molecule has 0 aromatic carbocycles. The minimum Gasteiger partial charge on any atom is -0.366 e. The quantitative estimate of drug-likeness (QED) is 0.453. The Morgan fingerprint density at radius 2 is 2.14 bits per heavy atom. The van der Waals surface area contributed by atoms with Gasteiger partial charge in [-0.05, 0) is 19.8 Å². The SMILES string of the molecule is CC(O)(O)C1[CH]C1. The van der Waals surface area contributed by atoms with Crippen LogP contribution in [0, 0.1) is 12.3 Å². The van der Waals surface area contributed by atoms with Crippen molar-refractivity contribution in [2.45, 2.75) is 19.1 Å². The number of rotatable bonds is 1. The first kappa shape index (κ1) is 5.06. The summed E-state index contributed by atoms with van der Waals surface area (Å²) in [4.78, 5) is 0. The van der Waals surface area contributed by atoms with E-state index in [9.17, 15) is 0 Å². The highest BCUT2D eigenvalue weighted by Crippen LogP contribution is 2.36. The van der Waals surface area contributed by atoms with Crippen LogP contribution < -0.4 is 0 Å². The Labute approximate surface area is 42.8 Å². The molecule has 41 valence electrons. The molecule has 0 spiro atoms. The lowest BCUT2D eigenvalue weighted by Gasteiger charge is -2.12. The molecule has 0 amide bonds. The van der Waals surface area contributed by atoms with E-state index in [1.165, 1.54) is 6.92 Å². The second-order valence-electron chi connectivity index (χ2n) is 2.17. The zero-order chi connectivity index (χ0) is 5.49. The Morgan fingerprint density at radius 3 is 2.14 bits per heavy atom. The highest BCUT2D eigenvalue weighted by atomic mass is 16.5. The van der Waals surface area contributed by atoms with Crippen LogP contribution in [0.4, 0.5) is 0 Å². The fraction of sp³-hybridized carbons (Fsp3) is 0.800. The van der Waals surface area contributed by atoms with E-state index in [4.69, 9.17) is 10.2 Å². The van der Waals surface area contributed by atoms with Gasteiger partial charge in [0.1, 0.15) is 0 Å². The molecule has 2 heteroatoms. The molecule has 1 saturated carbocycles. The Hall–Kier alpha value is -0.0800. The fourth-order valence-corrected chi connectivity index (χ4v) is 0.515. The second kappa shape index (κ2) is 1.20. The monoisotopic (exact) mass is 101 g/mol. The summed E-state index contributed by atoms with van der Waals surface area (Å²) < 4.78 is 0. The van der Waals surface area contributed by atoms with Gasteiger partial charge in [-0.1, -0.05) is 0 Å². The molecule has 7 heavy (non-hydrogen) atoms. The zero-order valence-electron chi connectivity index (χ0n) is 4.26. The van der Waals surface area contributed by atoms with Gasteiger partial charge >= 0.3 is 0 Å². The summed E-state index contributed by atoms with van der Waals surface area (Å²) >= 11 is 0. The van der Waals surface area contributed by atoms with Gasteiger partial charge in [-0.3, -0.25) is 0 Å². The maximum atomic E-state index is 8.68. The molecule has 0 aliphatic heterocycles. The predicted molar refractivity (Wildman–Crippen MR) is 25.2 cm³/mol. The van der Waals surface area contributed by atoms with Crippen molar-refractivity contribution < 1.29 is 10.2 Å². The lowest BCUT2D eigenvalue weighted by molar-refractivity contribution is -0.157. The van der Waals surface area contributed by atoms with Crippen LogP contribution in [0.3, 0.4) is 0 Å². The lowest BCUT2D eigenvalue weighted by atomic mass is 10.2. The topological polar surface area (TPSA) is 40.5 Å². The largest absolute Gasteiger partial charge is 0.366 e. The average Bonchev–Trinajstić information content (AvgIpc) is 1.99. The number of hydrogen-bond acceptors (Lipinski definition) is 2. The third-order valence-corrected chi connectivity index (χ3v) is 1.17. The molecule has 0 bridgehead atoms. The summed E-state index contributed by atoms with van der Waals surface area (Å²) in [5, 5.41) is 17.4. The molecular weight excluding hydrogens is 92.1 g/mol. The van der Waals surface area contributed by atoms with Crippen molar-refractivity contribution >= 4 is 0 Å². The summed E-state index contributed by atoms with van der Waals surface area (Å²) in [6.07, 6.45) is 2.73. The normalized spacial score (nSPS) is 22.7. The van der Waals surface area contributed by atoms with Crippen molar-refractivity contribution in [1.82, 2.24) is 0 Å². The summed E-state index contributed by atoms with van der Waals surface area (Å²) in [6.45, 7) is 1.40. The molecule has 0 aromatic rings. The molecule has 1 fully saturated rings. The number of hydrogen-bond donors (Lipinski definition) is 2. The molecule has 1 aliphatic rings. The van der Waals surface area contributed by atoms with E-state index in [0.29, 0.717) is 0 Å². The first-order valence-corrected chi connectivity index (χ1v) is 2.39. The van der Waals surface area contributed by atoms with Crippen LogP contribution in [0.25, 0.3) is 0 Å². The van der Waals surface area contributed by atoms with Gasteiger partial charge in [0.05, 0.1) is 0 Å². The third kappa shape index (κ3) is 1.14. The van der Waals surface area contributed by atoms with Gasteiger partial charge in [-0.2, -0.15) is 0 Å². The Bertz CT molecular complexity index is 68.6. The van der Waals surface area contributed by atoms with Gasteiger partial charge in [-0.25, -0.2) is 0 Å². The average molecular weight is 101 g/mol. The highest BCUT2D eigenvalue weighted by Gasteiger charge is 2.38. The van der Waals surface area contributed by atoms with Crippen molar-refractivity contribution in [2.24, 2.45) is 5.92 Å². The van der Waals surface area contributed by atoms with E-state index >= 15 is 0 Å². The molecule has 1 radical (unpaired) electrons. The van der Waals surface area contributed by atoms with Gasteiger partial charge in [0.15, 0.2) is 5.79 Å². The molecular formula is C5H9O2. The molecule has 0 saturated heterocycles. The molecule has 1 unspecified atom stereocenters. The van der Waals surface area contributed by atoms with E-state index in [1.807, 2.05) is 6.42 Å². The van der Waals surface area contributed by atoms with E-state index < -0.39 is 5.79 Å². The summed E-state index contributed by atoms with van der Waals surface area (Å²) in [6, 6.07) is 0. The van der Waals surface area contributed by atoms with Crippen LogP contribution in [-0.4, -0.2) is 16.0 Å². The first-order valence-electron chi connectivity index (χ1n) is 2.39. The summed E-state index contributed by atoms with van der Waals surface area (Å²) in [5.41, 5.74) is 0. The van der Waals surface area contributed by atoms with Crippen LogP contribution in [-0.2, 0) is 0 Å². The van der Waals surface area contributed by atoms with E-state index in [2.05, 4.69) is 0 Å². The van der Waals surface area contributed by atoms with Crippen LogP contribution in [0.1, 0.15) is 13.3 Å². The Kier molecular flexibility index (Phi) is 0.869. The van der Waals surface area contributed by atoms with E-state index in [-0.39, 0.29) is 5.92 Å². The van der Waals surface area contributed by atoms with Gasteiger partial charge in [0, 0.05) is 5.92 Å². The van der Waals surface area contributed by atoms with Crippen molar-refractivity contribution in [2.75, 3.05) is 0 Å². The lowest BCUT2D eigenvalue weighted by Crippen LogP contribution is -2.25. The predicted octanol–water partition coefficient (Wildman–Crippen LogP) is -0.0886. The van der Waals surface area contributed by atoms with Crippen LogP contribution in [0.5, 0.6) is 0 Å². The van der Waals surface area contributed by atoms with E-state index in [0.717, 1.165) is 6.42 Å². The van der Waals surface area contributed by atoms with Crippen molar-refractivity contribution in [3.8, 4) is 0 Å². The smallest absolute Gasteiger partial charge is 0.162 e. The summed E-state index contributed by atoms with van der Waals surface area (Å²) in [5.74, 6) is -1.41. The number of aliphatic hydroxyl groups is 2. The Morgan fingerprint density at radius 1 is 1.71 bits per heavy atom. The summed E-state index contributed by atoms with van der Waals surface area (Å²) in [7, 11) is 0. The standard InChI is InChI=1S/C5H9O2/c1-5(6,7)4-2-3-4/h2,4,6-7H,3H2,1H3. The molecule has 2 N–H and O–H groups in total. The highest BCUT2D eigenvalue weighted by molar-refractivity contribution is 5.00. The van der Waals surface area contributed by atoms with Crippen LogP contribution in [0.2, 0.25) is 0 Å². The molecule has 1 atom stereocenters. The van der Waals surface area contributed by atoms with Gasteiger partial charge in [-0.15, -0.1) is 0 Å². The van der Waals surface area contributed by atoms with Crippen LogP contribution in [0.15, 0.2) is 0 Å². The third-order valence-electron chi connectivity index (χ3n) is 1.17. The Balaban J connectivity index is 2.36. The molecule has 0 heterocycles. The first-order chi connectivity index (χ1) is 3.11. The van der Waals surface area contributed by atoms with Gasteiger partial charge in [0.25, 0.3) is 0 Å². The van der Waals surface area contributed by atoms with Gasteiger partial charge in [0.2, 0.25) is 0 Å². The maximum Gasteiger partial charge on any atom is 0.162 e. The molecule has 2 nitrogen and oxygen atoms in total. The van der Waals surface area contributed by atoms with Crippen LogP contribution >= 0.6 is 0 Å². The van der Waals surface area contributed by atoms with Crippen molar-refractivity contribution in [1.29, 1.82) is 0 Å². The molecule has 1 aliphatic carbocycles. The van der Waals surface area contributed by atoms with Gasteiger partial charge < -0.3 is 10.2 Å². The second-order valence-corrected chi connectivity index (χ2v) is 2.17. The zero-order valence-corrected chi connectivity index (χ0v) is 4.26. The minimum absolute atomic E-state index is 0.0347. The molecule has 0 aromatic heterocycles. The fourth-order valence-electron chi connectivity index (χ4n) is 0.515. The van der Waals surface area contributed by atoms with E-state index in [1.54, 1.807) is 0 Å². The van der Waals surface area contributed by atoms with Crippen molar-refractivity contribution in [3.05, 3.63) is 6.42 Å². The molecule has 1 rings (SSSR count). The minimum atomic E-state index is -1.44. The maximum absolute atomic E-state index is 8.68.